The molecule has 0 spiro atoms. The first-order valence-electron chi connectivity index (χ1n) is 6.31. The van der Waals surface area contributed by atoms with Crippen molar-refractivity contribution >= 4 is 29.0 Å². The number of aliphatic hydroxyl groups is 2. The molecule has 2 aromatic rings. The van der Waals surface area contributed by atoms with Gasteiger partial charge in [0, 0.05) is 0 Å². The van der Waals surface area contributed by atoms with Crippen LogP contribution < -0.4 is 17.0 Å². The Hall–Kier alpha value is -2.99. The van der Waals surface area contributed by atoms with Crippen LogP contribution in [0.1, 0.15) is 0 Å². The van der Waals surface area contributed by atoms with E-state index >= 15 is 0 Å². The van der Waals surface area contributed by atoms with Crippen molar-refractivity contribution in [2.24, 2.45) is 5.73 Å². The molecule has 0 aliphatic carbocycles. The molecule has 0 aliphatic heterocycles. The van der Waals surface area contributed by atoms with Crippen LogP contribution in [0.5, 0.6) is 0 Å². The number of hydrogen-bond acceptors (Lipinski definition) is 8. The highest BCUT2D eigenvalue weighted by atomic mass is 16.4. The molecule has 124 valence electrons. The van der Waals surface area contributed by atoms with Gasteiger partial charge in [-0.3, -0.25) is 14.2 Å². The molecule has 0 saturated carbocycles. The number of carbonyl (C=O) groups excluding carboxylic acids is 1. The molecule has 12 nitrogen and oxygen atoms in total. The Morgan fingerprint density at radius 2 is 1.91 bits per heavy atom. The SMILES string of the molecule is NC(=O)C(O)Cn1cnc2nc(N)n(CC(O)C(=O)O)c(=O)c21. The largest absolute Gasteiger partial charge is 0.479 e. The molecule has 2 aromatic heterocycles. The number of carbonyl (C=O) groups is 2. The lowest BCUT2D eigenvalue weighted by molar-refractivity contribution is -0.147. The first-order valence-corrected chi connectivity index (χ1v) is 6.31. The zero-order chi connectivity index (χ0) is 17.3. The van der Waals surface area contributed by atoms with E-state index in [0.29, 0.717) is 0 Å². The Balaban J connectivity index is 2.52. The van der Waals surface area contributed by atoms with Crippen molar-refractivity contribution in [2.45, 2.75) is 25.3 Å². The molecule has 0 aliphatic rings. The zero-order valence-electron chi connectivity index (χ0n) is 11.7. The summed E-state index contributed by atoms with van der Waals surface area (Å²) < 4.78 is 1.90. The summed E-state index contributed by atoms with van der Waals surface area (Å²) in [7, 11) is 0. The lowest BCUT2D eigenvalue weighted by Crippen LogP contribution is -2.35. The second-order valence-electron chi connectivity index (χ2n) is 4.73. The minimum absolute atomic E-state index is 0.0507. The number of carboxylic acids is 1. The Labute approximate surface area is 127 Å². The Morgan fingerprint density at radius 1 is 1.26 bits per heavy atom. The summed E-state index contributed by atoms with van der Waals surface area (Å²) in [6, 6.07) is 0. The molecule has 7 N–H and O–H groups in total. The fraction of sp³-hybridized carbons (Fsp3) is 0.364. The van der Waals surface area contributed by atoms with E-state index in [9.17, 15) is 24.6 Å². The molecule has 2 heterocycles. The van der Waals surface area contributed by atoms with Gasteiger partial charge in [0.05, 0.1) is 19.4 Å². The number of amides is 1. The maximum absolute atomic E-state index is 12.4. The quantitative estimate of drug-likeness (QED) is 0.356. The number of aromatic nitrogens is 4. The lowest BCUT2D eigenvalue weighted by atomic mass is 10.3. The third-order valence-electron chi connectivity index (χ3n) is 3.10. The van der Waals surface area contributed by atoms with Crippen LogP contribution in [0, 0.1) is 0 Å². The molecule has 0 radical (unpaired) electrons. The number of anilines is 1. The summed E-state index contributed by atoms with van der Waals surface area (Å²) >= 11 is 0. The minimum atomic E-state index is -1.86. The van der Waals surface area contributed by atoms with Gasteiger partial charge in [-0.05, 0) is 0 Å². The van der Waals surface area contributed by atoms with Crippen LogP contribution in [0.2, 0.25) is 0 Å². The number of nitrogen functional groups attached to an aromatic ring is 1. The van der Waals surface area contributed by atoms with Crippen molar-refractivity contribution in [3.05, 3.63) is 16.7 Å². The van der Waals surface area contributed by atoms with Gasteiger partial charge in [0.1, 0.15) is 6.10 Å². The van der Waals surface area contributed by atoms with Gasteiger partial charge >= 0.3 is 5.97 Å². The van der Waals surface area contributed by atoms with Gasteiger partial charge in [-0.25, -0.2) is 9.78 Å². The molecule has 0 bridgehead atoms. The van der Waals surface area contributed by atoms with Crippen LogP contribution in [0.25, 0.3) is 11.2 Å². The number of aliphatic hydroxyl groups excluding tert-OH is 2. The van der Waals surface area contributed by atoms with Crippen LogP contribution in [-0.2, 0) is 22.7 Å². The number of aliphatic carboxylic acids is 1. The Morgan fingerprint density at radius 3 is 2.48 bits per heavy atom. The third-order valence-corrected chi connectivity index (χ3v) is 3.10. The molecule has 0 fully saturated rings. The van der Waals surface area contributed by atoms with E-state index in [4.69, 9.17) is 16.6 Å². The molecule has 0 aromatic carbocycles. The van der Waals surface area contributed by atoms with Gasteiger partial charge in [-0.2, -0.15) is 4.98 Å². The fourth-order valence-electron chi connectivity index (χ4n) is 1.91. The number of nitrogens with zero attached hydrogens (tertiary/aromatic N) is 4. The van der Waals surface area contributed by atoms with Crippen molar-refractivity contribution in [3.8, 4) is 0 Å². The third kappa shape index (κ3) is 3.12. The van der Waals surface area contributed by atoms with E-state index in [1.165, 1.54) is 0 Å². The molecular formula is C11H14N6O6. The number of nitrogens with two attached hydrogens (primary N) is 2. The van der Waals surface area contributed by atoms with Crippen molar-refractivity contribution in [3.63, 3.8) is 0 Å². The van der Waals surface area contributed by atoms with E-state index in [1.54, 1.807) is 0 Å². The van der Waals surface area contributed by atoms with E-state index in [2.05, 4.69) is 9.97 Å². The predicted molar refractivity (Wildman–Crippen MR) is 75.0 cm³/mol. The average Bonchev–Trinajstić information content (AvgIpc) is 2.85. The summed E-state index contributed by atoms with van der Waals surface area (Å²) in [6.45, 7) is -0.958. The summed E-state index contributed by atoms with van der Waals surface area (Å²) in [6.07, 6.45) is -2.26. The molecule has 2 unspecified atom stereocenters. The molecule has 23 heavy (non-hydrogen) atoms. The first kappa shape index (κ1) is 16.4. The van der Waals surface area contributed by atoms with Crippen molar-refractivity contribution in [1.82, 2.24) is 19.1 Å². The maximum Gasteiger partial charge on any atom is 0.334 e. The van der Waals surface area contributed by atoms with Crippen LogP contribution >= 0.6 is 0 Å². The molecular weight excluding hydrogens is 312 g/mol. The Kier molecular flexibility index (Phi) is 4.29. The molecule has 2 atom stereocenters. The fourth-order valence-corrected chi connectivity index (χ4v) is 1.91. The second-order valence-corrected chi connectivity index (χ2v) is 4.73. The van der Waals surface area contributed by atoms with Gasteiger partial charge in [-0.1, -0.05) is 0 Å². The van der Waals surface area contributed by atoms with E-state index in [-0.39, 0.29) is 23.7 Å². The van der Waals surface area contributed by atoms with Crippen LogP contribution in [0.3, 0.4) is 0 Å². The van der Waals surface area contributed by atoms with Crippen molar-refractivity contribution in [1.29, 1.82) is 0 Å². The minimum Gasteiger partial charge on any atom is -0.479 e. The second kappa shape index (κ2) is 6.02. The van der Waals surface area contributed by atoms with Crippen LogP contribution in [-0.4, -0.2) is 58.5 Å². The molecule has 12 heteroatoms. The van der Waals surface area contributed by atoms with Crippen molar-refractivity contribution in [2.75, 3.05) is 5.73 Å². The highest BCUT2D eigenvalue weighted by Crippen LogP contribution is 2.09. The Bertz CT molecular complexity index is 826. The number of imidazole rings is 1. The molecule has 0 saturated heterocycles. The maximum atomic E-state index is 12.4. The van der Waals surface area contributed by atoms with Gasteiger partial charge < -0.3 is 31.4 Å². The number of hydrogen-bond donors (Lipinski definition) is 5. The van der Waals surface area contributed by atoms with E-state index in [0.717, 1.165) is 15.5 Å². The normalized spacial score (nSPS) is 13.8. The topological polar surface area (TPSA) is 200 Å². The summed E-state index contributed by atoms with van der Waals surface area (Å²) in [5.74, 6) is -2.85. The number of rotatable bonds is 6. The van der Waals surface area contributed by atoms with Crippen LogP contribution in [0.15, 0.2) is 11.1 Å². The predicted octanol–water partition coefficient (Wildman–Crippen LogP) is -3.53. The smallest absolute Gasteiger partial charge is 0.334 e. The first-order chi connectivity index (χ1) is 10.7. The van der Waals surface area contributed by atoms with Gasteiger partial charge in [0.2, 0.25) is 11.9 Å². The average molecular weight is 326 g/mol. The van der Waals surface area contributed by atoms with Gasteiger partial charge in [0.15, 0.2) is 17.3 Å². The van der Waals surface area contributed by atoms with Crippen molar-refractivity contribution < 1.29 is 24.9 Å². The number of primary amides is 1. The number of fused-ring (bicyclic) bond motifs is 1. The molecule has 1 amide bonds. The molecule has 2 rings (SSSR count). The van der Waals surface area contributed by atoms with Crippen LogP contribution in [0.4, 0.5) is 5.95 Å². The van der Waals surface area contributed by atoms with Gasteiger partial charge in [-0.15, -0.1) is 0 Å². The monoisotopic (exact) mass is 326 g/mol. The summed E-state index contributed by atoms with van der Waals surface area (Å²) in [5, 5.41) is 27.6. The highest BCUT2D eigenvalue weighted by molar-refractivity contribution is 5.79. The lowest BCUT2D eigenvalue weighted by Gasteiger charge is -2.12. The highest BCUT2D eigenvalue weighted by Gasteiger charge is 2.21. The summed E-state index contributed by atoms with van der Waals surface area (Å²) in [4.78, 5) is 41.7. The van der Waals surface area contributed by atoms with Gasteiger partial charge in [0.25, 0.3) is 5.56 Å². The van der Waals surface area contributed by atoms with E-state index in [1.807, 2.05) is 0 Å². The standard InChI is InChI=1S/C11H14N6O6/c12-7(20)4(18)1-16-3-14-8-6(16)9(21)17(11(13)15-8)2-5(19)10(22)23/h3-5,18-19H,1-2H2,(H2,12,20)(H2,13,15)(H,22,23). The van der Waals surface area contributed by atoms with E-state index < -0.39 is 36.2 Å². The number of carboxylic acid groups (broad SMARTS) is 1. The summed E-state index contributed by atoms with van der Waals surface area (Å²) in [5.41, 5.74) is 9.58. The zero-order valence-corrected chi connectivity index (χ0v) is 11.7.